The molecule has 1 aliphatic carbocycles. The highest BCUT2D eigenvalue weighted by Gasteiger charge is 2.30. The fraction of sp³-hybridized carbons (Fsp3) is 0.250. The molecule has 1 aliphatic rings. The number of nitrogens with two attached hydrogens (primary N) is 1. The number of rotatable bonds is 8. The summed E-state index contributed by atoms with van der Waals surface area (Å²) in [7, 11) is -4.27. The van der Waals surface area contributed by atoms with Crippen molar-refractivity contribution in [3.63, 3.8) is 0 Å². The third-order valence-corrected chi connectivity index (χ3v) is 8.25. The summed E-state index contributed by atoms with van der Waals surface area (Å²) in [5.41, 5.74) is 2.41. The molecule has 1 unspecified atom stereocenters. The van der Waals surface area contributed by atoms with Gasteiger partial charge < -0.3 is 5.11 Å². The summed E-state index contributed by atoms with van der Waals surface area (Å²) in [5.74, 6) is 2.30. The number of carboxylic acid groups (broad SMARTS) is 1. The average Bonchev–Trinajstić information content (AvgIpc) is 3.45. The van der Waals surface area contributed by atoms with Crippen LogP contribution in [0.4, 0.5) is 13.2 Å². The Balaban J connectivity index is 1.70. The second kappa shape index (κ2) is 11.1. The summed E-state index contributed by atoms with van der Waals surface area (Å²) in [5, 5.41) is 21.0. The van der Waals surface area contributed by atoms with Crippen molar-refractivity contribution in [2.45, 2.75) is 43.7 Å². The number of halogens is 3. The highest BCUT2D eigenvalue weighted by Crippen LogP contribution is 2.38. The van der Waals surface area contributed by atoms with E-state index in [1.54, 1.807) is 4.68 Å². The molecule has 5 rings (SSSR count). The Bertz CT molecular complexity index is 1830. The number of nitrogens with zero attached hydrogens (tertiary/aromatic N) is 3. The molecule has 0 bridgehead atoms. The number of sulfonamides is 1. The van der Waals surface area contributed by atoms with E-state index in [1.807, 2.05) is 0 Å². The number of aromatic carboxylic acids is 1. The van der Waals surface area contributed by atoms with Crippen LogP contribution in [0.5, 0.6) is 0 Å². The first kappa shape index (κ1) is 28.5. The largest absolute Gasteiger partial charge is 0.476 e. The molecular formula is C28H23F3N4O4S2. The van der Waals surface area contributed by atoms with Crippen LogP contribution < -0.4 is 5.14 Å². The van der Waals surface area contributed by atoms with Gasteiger partial charge in [-0.1, -0.05) is 17.9 Å². The van der Waals surface area contributed by atoms with Crippen LogP contribution in [0.25, 0.3) is 16.4 Å². The zero-order valence-corrected chi connectivity index (χ0v) is 23.2. The number of carbonyl (C=O) groups is 1. The molecule has 0 radical (unpaired) electrons. The Morgan fingerprint density at radius 1 is 1.22 bits per heavy atom. The van der Waals surface area contributed by atoms with Gasteiger partial charge >= 0.3 is 5.97 Å². The predicted molar refractivity (Wildman–Crippen MR) is 146 cm³/mol. The molecule has 0 aliphatic heterocycles. The molecule has 0 spiro atoms. The van der Waals surface area contributed by atoms with Gasteiger partial charge in [0.15, 0.2) is 11.9 Å². The third kappa shape index (κ3) is 6.35. The molecule has 2 heterocycles. The van der Waals surface area contributed by atoms with Crippen LogP contribution in [0, 0.1) is 29.4 Å². The molecule has 212 valence electrons. The van der Waals surface area contributed by atoms with E-state index in [4.69, 9.17) is 10.2 Å². The highest BCUT2D eigenvalue weighted by molar-refractivity contribution is 7.89. The summed E-state index contributed by atoms with van der Waals surface area (Å²) in [6.07, 6.45) is 1.16. The minimum atomic E-state index is -4.27. The van der Waals surface area contributed by atoms with Gasteiger partial charge in [0.05, 0.1) is 17.0 Å². The standard InChI is InChI=1S/C28H23F3N4O4S2/c1-15(29)2-6-18-13-19(7-8-21(18)30)26-20(10-17-5-9-25(22(31)11-17)41(32,38)39)24(12-16-3-4-16)35(34-26)28-33-23(14-40-28)27(36)37/h5,7-9,11,13-16H,3-4,10,12H2,1H3,(H,36,37)(H2,32,38,39). The fourth-order valence-electron chi connectivity index (χ4n) is 4.36. The molecule has 13 heteroatoms. The van der Waals surface area contributed by atoms with Crippen LogP contribution in [-0.4, -0.2) is 40.4 Å². The van der Waals surface area contributed by atoms with Gasteiger partial charge in [-0.3, -0.25) is 0 Å². The molecule has 3 N–H and O–H groups in total. The topological polar surface area (TPSA) is 128 Å². The van der Waals surface area contributed by atoms with E-state index in [0.717, 1.165) is 36.3 Å². The Kier molecular flexibility index (Phi) is 7.74. The van der Waals surface area contributed by atoms with E-state index < -0.39 is 38.7 Å². The van der Waals surface area contributed by atoms with Crippen molar-refractivity contribution >= 4 is 27.3 Å². The summed E-state index contributed by atoms with van der Waals surface area (Å²) in [6, 6.07) is 7.74. The van der Waals surface area contributed by atoms with Crippen molar-refractivity contribution < 1.29 is 31.5 Å². The van der Waals surface area contributed by atoms with Crippen molar-refractivity contribution in [1.82, 2.24) is 14.8 Å². The molecule has 0 saturated heterocycles. The smallest absolute Gasteiger partial charge is 0.355 e. The zero-order valence-electron chi connectivity index (χ0n) is 21.6. The molecule has 1 fully saturated rings. The van der Waals surface area contributed by atoms with Crippen LogP contribution >= 0.6 is 11.3 Å². The fourth-order valence-corrected chi connectivity index (χ4v) is 5.72. The number of hydrogen-bond donors (Lipinski definition) is 2. The Morgan fingerprint density at radius 2 is 1.98 bits per heavy atom. The molecule has 2 aromatic heterocycles. The van der Waals surface area contributed by atoms with Crippen LogP contribution in [0.2, 0.25) is 0 Å². The third-order valence-electron chi connectivity index (χ3n) is 6.49. The summed E-state index contributed by atoms with van der Waals surface area (Å²) < 4.78 is 67.7. The van der Waals surface area contributed by atoms with Crippen molar-refractivity contribution in [3.8, 4) is 28.2 Å². The van der Waals surface area contributed by atoms with Gasteiger partial charge in [-0.15, -0.1) is 11.3 Å². The van der Waals surface area contributed by atoms with Gasteiger partial charge in [0.1, 0.15) is 16.5 Å². The van der Waals surface area contributed by atoms with Crippen molar-refractivity contribution in [3.05, 3.63) is 81.5 Å². The van der Waals surface area contributed by atoms with Crippen molar-refractivity contribution in [1.29, 1.82) is 0 Å². The lowest BCUT2D eigenvalue weighted by molar-refractivity contribution is 0.0691. The molecule has 1 atom stereocenters. The lowest BCUT2D eigenvalue weighted by Crippen LogP contribution is -2.14. The molecular weight excluding hydrogens is 577 g/mol. The number of alkyl halides is 1. The van der Waals surface area contributed by atoms with E-state index in [2.05, 4.69) is 16.8 Å². The Labute approximate surface area is 237 Å². The van der Waals surface area contributed by atoms with E-state index in [1.165, 1.54) is 36.6 Å². The van der Waals surface area contributed by atoms with E-state index in [-0.39, 0.29) is 17.7 Å². The summed E-state index contributed by atoms with van der Waals surface area (Å²) in [4.78, 5) is 15.1. The molecule has 41 heavy (non-hydrogen) atoms. The number of benzene rings is 2. The van der Waals surface area contributed by atoms with Crippen LogP contribution in [0.1, 0.15) is 52.6 Å². The van der Waals surface area contributed by atoms with Crippen LogP contribution in [0.3, 0.4) is 0 Å². The number of hydrogen-bond acceptors (Lipinski definition) is 6. The first-order chi connectivity index (χ1) is 19.4. The molecule has 0 amide bonds. The maximum Gasteiger partial charge on any atom is 0.355 e. The van der Waals surface area contributed by atoms with Crippen LogP contribution in [-0.2, 0) is 22.9 Å². The van der Waals surface area contributed by atoms with Gasteiger partial charge in [0, 0.05) is 22.9 Å². The summed E-state index contributed by atoms with van der Waals surface area (Å²) >= 11 is 1.08. The molecule has 1 saturated carbocycles. The first-order valence-electron chi connectivity index (χ1n) is 12.5. The van der Waals surface area contributed by atoms with Gasteiger partial charge in [-0.05, 0) is 68.0 Å². The van der Waals surface area contributed by atoms with Crippen LogP contribution in [0.15, 0.2) is 46.7 Å². The molecule has 4 aromatic rings. The van der Waals surface area contributed by atoms with Gasteiger partial charge in [-0.2, -0.15) is 5.10 Å². The van der Waals surface area contributed by atoms with Crippen molar-refractivity contribution in [2.75, 3.05) is 0 Å². The number of aromatic nitrogens is 3. The number of thiazole rings is 1. The molecule has 2 aromatic carbocycles. The lowest BCUT2D eigenvalue weighted by Gasteiger charge is -2.10. The average molecular weight is 601 g/mol. The lowest BCUT2D eigenvalue weighted by atomic mass is 9.96. The predicted octanol–water partition coefficient (Wildman–Crippen LogP) is 4.87. The maximum absolute atomic E-state index is 14.8. The zero-order chi connectivity index (χ0) is 29.5. The maximum atomic E-state index is 14.8. The van der Waals surface area contributed by atoms with E-state index in [0.29, 0.717) is 45.5 Å². The monoisotopic (exact) mass is 600 g/mol. The summed E-state index contributed by atoms with van der Waals surface area (Å²) in [6.45, 7) is 1.23. The first-order valence-corrected chi connectivity index (χ1v) is 14.9. The van der Waals surface area contributed by atoms with E-state index in [9.17, 15) is 31.5 Å². The van der Waals surface area contributed by atoms with E-state index >= 15 is 0 Å². The highest BCUT2D eigenvalue weighted by atomic mass is 32.2. The van der Waals surface area contributed by atoms with Crippen molar-refractivity contribution in [2.24, 2.45) is 11.1 Å². The number of primary sulfonamides is 1. The quantitative estimate of drug-likeness (QED) is 0.278. The van der Waals surface area contributed by atoms with Gasteiger partial charge in [0.2, 0.25) is 15.2 Å². The molecule has 8 nitrogen and oxygen atoms in total. The number of carboxylic acids is 1. The second-order valence-electron chi connectivity index (χ2n) is 9.72. The minimum Gasteiger partial charge on any atom is -0.476 e. The normalized spacial score (nSPS) is 14.0. The minimum absolute atomic E-state index is 0.0396. The van der Waals surface area contributed by atoms with Gasteiger partial charge in [0.25, 0.3) is 0 Å². The Morgan fingerprint density at radius 3 is 2.59 bits per heavy atom. The second-order valence-corrected chi connectivity index (χ2v) is 12.1. The Hall–Kier alpha value is -3.99. The van der Waals surface area contributed by atoms with Gasteiger partial charge in [-0.25, -0.2) is 41.2 Å². The SMILES string of the molecule is CC(F)C#Cc1cc(-c2nn(-c3nc(C(=O)O)cs3)c(CC3CC3)c2Cc2ccc(S(N)(=O)=O)c(F)c2)ccc1F.